The number of amides is 3. The van der Waals surface area contributed by atoms with Crippen LogP contribution < -0.4 is 9.64 Å². The van der Waals surface area contributed by atoms with E-state index in [2.05, 4.69) is 0 Å². The molecule has 0 aromatic heterocycles. The molecule has 0 bridgehead atoms. The van der Waals surface area contributed by atoms with Crippen LogP contribution in [0.3, 0.4) is 0 Å². The third-order valence-electron chi connectivity index (χ3n) is 4.73. The second-order valence-corrected chi connectivity index (χ2v) is 7.01. The lowest BCUT2D eigenvalue weighted by Crippen LogP contribution is -2.44. The fraction of sp³-hybridized carbons (Fsp3) is 0.273. The van der Waals surface area contributed by atoms with Crippen molar-refractivity contribution in [3.63, 3.8) is 0 Å². The summed E-state index contributed by atoms with van der Waals surface area (Å²) in [6.07, 6.45) is -0.0734. The predicted octanol–water partition coefficient (Wildman–Crippen LogP) is 2.60. The van der Waals surface area contributed by atoms with E-state index in [9.17, 15) is 19.2 Å². The minimum atomic E-state index is -0.852. The second-order valence-electron chi connectivity index (χ2n) is 7.01. The molecule has 29 heavy (non-hydrogen) atoms. The standard InChI is InChI=1S/C22H22N2O5/c1-14-4-6-17(7-5-14)13-23(15(2)25)20-12-21(27)24(22(20)28)18-8-10-19(11-9-18)29-16(3)26/h4-11,20H,12-13H2,1-3H3. The van der Waals surface area contributed by atoms with Gasteiger partial charge in [-0.25, -0.2) is 4.90 Å². The van der Waals surface area contributed by atoms with E-state index in [0.29, 0.717) is 11.4 Å². The summed E-state index contributed by atoms with van der Waals surface area (Å²) in [5, 5.41) is 0. The summed E-state index contributed by atoms with van der Waals surface area (Å²) < 4.78 is 4.97. The van der Waals surface area contributed by atoms with Crippen molar-refractivity contribution in [2.75, 3.05) is 4.90 Å². The molecule has 0 N–H and O–H groups in total. The monoisotopic (exact) mass is 394 g/mol. The van der Waals surface area contributed by atoms with Gasteiger partial charge in [-0.2, -0.15) is 0 Å². The SMILES string of the molecule is CC(=O)Oc1ccc(N2C(=O)CC(N(Cc3ccc(C)cc3)C(C)=O)C2=O)cc1. The number of aryl methyl sites for hydroxylation is 1. The van der Waals surface area contributed by atoms with Crippen LogP contribution in [0, 0.1) is 6.92 Å². The molecule has 1 aliphatic rings. The van der Waals surface area contributed by atoms with Crippen molar-refractivity contribution in [3.8, 4) is 5.75 Å². The smallest absolute Gasteiger partial charge is 0.308 e. The number of benzene rings is 2. The quantitative estimate of drug-likeness (QED) is 0.442. The van der Waals surface area contributed by atoms with Gasteiger partial charge in [0.1, 0.15) is 11.8 Å². The first-order valence-electron chi connectivity index (χ1n) is 9.24. The highest BCUT2D eigenvalue weighted by Crippen LogP contribution is 2.28. The van der Waals surface area contributed by atoms with Crippen molar-refractivity contribution in [2.45, 2.75) is 39.8 Å². The van der Waals surface area contributed by atoms with E-state index in [0.717, 1.165) is 16.0 Å². The van der Waals surface area contributed by atoms with Crippen molar-refractivity contribution in [1.82, 2.24) is 4.90 Å². The Morgan fingerprint density at radius 3 is 2.21 bits per heavy atom. The molecule has 2 aromatic carbocycles. The van der Waals surface area contributed by atoms with Gasteiger partial charge in [-0.3, -0.25) is 19.2 Å². The molecule has 3 rings (SSSR count). The number of ether oxygens (including phenoxy) is 1. The molecule has 2 aromatic rings. The highest BCUT2D eigenvalue weighted by Gasteiger charge is 2.43. The van der Waals surface area contributed by atoms with Gasteiger partial charge in [0, 0.05) is 20.4 Å². The van der Waals surface area contributed by atoms with E-state index in [-0.39, 0.29) is 24.8 Å². The van der Waals surface area contributed by atoms with Crippen molar-refractivity contribution >= 4 is 29.4 Å². The maximum Gasteiger partial charge on any atom is 0.308 e. The second kappa shape index (κ2) is 8.26. The average molecular weight is 394 g/mol. The van der Waals surface area contributed by atoms with E-state index in [1.54, 1.807) is 0 Å². The number of carbonyl (C=O) groups excluding carboxylic acids is 4. The van der Waals surface area contributed by atoms with E-state index < -0.39 is 17.9 Å². The van der Waals surface area contributed by atoms with Crippen LogP contribution in [0.25, 0.3) is 0 Å². The molecule has 0 radical (unpaired) electrons. The molecular weight excluding hydrogens is 372 g/mol. The number of hydrogen-bond acceptors (Lipinski definition) is 5. The third-order valence-corrected chi connectivity index (χ3v) is 4.73. The predicted molar refractivity (Wildman–Crippen MR) is 106 cm³/mol. The molecule has 7 nitrogen and oxygen atoms in total. The van der Waals surface area contributed by atoms with Gasteiger partial charge in [0.2, 0.25) is 11.8 Å². The lowest BCUT2D eigenvalue weighted by Gasteiger charge is -2.26. The maximum atomic E-state index is 13.0. The molecular formula is C22H22N2O5. The van der Waals surface area contributed by atoms with Gasteiger partial charge in [-0.15, -0.1) is 0 Å². The summed E-state index contributed by atoms with van der Waals surface area (Å²) in [5.74, 6) is -1.24. The van der Waals surface area contributed by atoms with Crippen LogP contribution in [0.1, 0.15) is 31.4 Å². The zero-order chi connectivity index (χ0) is 21.1. The summed E-state index contributed by atoms with van der Waals surface area (Å²) in [6, 6.07) is 12.9. The topological polar surface area (TPSA) is 84.0 Å². The Bertz CT molecular complexity index is 950. The largest absolute Gasteiger partial charge is 0.427 e. The van der Waals surface area contributed by atoms with E-state index in [4.69, 9.17) is 4.74 Å². The zero-order valence-electron chi connectivity index (χ0n) is 16.5. The van der Waals surface area contributed by atoms with E-state index >= 15 is 0 Å². The van der Waals surface area contributed by atoms with E-state index in [1.807, 2.05) is 31.2 Å². The van der Waals surface area contributed by atoms with Crippen molar-refractivity contribution in [1.29, 1.82) is 0 Å². The number of hydrogen-bond donors (Lipinski definition) is 0. The normalized spacial score (nSPS) is 16.1. The molecule has 3 amide bonds. The summed E-state index contributed by atoms with van der Waals surface area (Å²) in [6.45, 7) is 4.90. The molecule has 1 saturated heterocycles. The van der Waals surface area contributed by atoms with E-state index in [1.165, 1.54) is 43.0 Å². The van der Waals surface area contributed by atoms with Crippen LogP contribution in [0.2, 0.25) is 0 Å². The minimum absolute atomic E-state index is 0.0734. The lowest BCUT2D eigenvalue weighted by molar-refractivity contribution is -0.137. The molecule has 1 heterocycles. The van der Waals surface area contributed by atoms with Crippen LogP contribution >= 0.6 is 0 Å². The Morgan fingerprint density at radius 2 is 1.66 bits per heavy atom. The molecule has 0 saturated carbocycles. The summed E-state index contributed by atoms with van der Waals surface area (Å²) in [7, 11) is 0. The Balaban J connectivity index is 1.81. The minimum Gasteiger partial charge on any atom is -0.427 e. The summed E-state index contributed by atoms with van der Waals surface area (Å²) in [5.41, 5.74) is 2.35. The van der Waals surface area contributed by atoms with Gasteiger partial charge in [0.25, 0.3) is 5.91 Å². The van der Waals surface area contributed by atoms with Gasteiger partial charge in [0.15, 0.2) is 0 Å². The molecule has 7 heteroatoms. The van der Waals surface area contributed by atoms with Gasteiger partial charge in [0.05, 0.1) is 12.1 Å². The number of nitrogens with zero attached hydrogens (tertiary/aromatic N) is 2. The van der Waals surface area contributed by atoms with Crippen molar-refractivity contribution in [2.24, 2.45) is 0 Å². The number of esters is 1. The van der Waals surface area contributed by atoms with Crippen LogP contribution in [-0.2, 0) is 25.7 Å². The highest BCUT2D eigenvalue weighted by atomic mass is 16.5. The highest BCUT2D eigenvalue weighted by molar-refractivity contribution is 6.23. The van der Waals surface area contributed by atoms with Crippen molar-refractivity contribution < 1.29 is 23.9 Å². The first kappa shape index (κ1) is 20.3. The molecule has 0 aliphatic carbocycles. The van der Waals surface area contributed by atoms with Crippen LogP contribution in [-0.4, -0.2) is 34.6 Å². The Morgan fingerprint density at radius 1 is 1.03 bits per heavy atom. The van der Waals surface area contributed by atoms with Crippen LogP contribution in [0.15, 0.2) is 48.5 Å². The summed E-state index contributed by atoms with van der Waals surface area (Å²) in [4.78, 5) is 51.3. The molecule has 0 spiro atoms. The molecule has 1 atom stereocenters. The summed E-state index contributed by atoms with van der Waals surface area (Å²) >= 11 is 0. The van der Waals surface area contributed by atoms with Crippen LogP contribution in [0.5, 0.6) is 5.75 Å². The molecule has 1 aliphatic heterocycles. The Hall–Kier alpha value is -3.48. The van der Waals surface area contributed by atoms with Crippen LogP contribution in [0.4, 0.5) is 5.69 Å². The molecule has 1 unspecified atom stereocenters. The number of rotatable bonds is 5. The number of anilines is 1. The Labute approximate surface area is 168 Å². The first-order valence-corrected chi connectivity index (χ1v) is 9.24. The fourth-order valence-electron chi connectivity index (χ4n) is 3.29. The van der Waals surface area contributed by atoms with Gasteiger partial charge < -0.3 is 9.64 Å². The molecule has 1 fully saturated rings. The van der Waals surface area contributed by atoms with Crippen molar-refractivity contribution in [3.05, 3.63) is 59.7 Å². The fourth-order valence-corrected chi connectivity index (χ4v) is 3.29. The zero-order valence-corrected chi connectivity index (χ0v) is 16.5. The number of imide groups is 1. The third kappa shape index (κ3) is 4.51. The van der Waals surface area contributed by atoms with Gasteiger partial charge >= 0.3 is 5.97 Å². The molecule has 150 valence electrons. The van der Waals surface area contributed by atoms with Gasteiger partial charge in [-0.1, -0.05) is 29.8 Å². The Kier molecular flexibility index (Phi) is 5.77. The number of carbonyl (C=O) groups is 4. The maximum absolute atomic E-state index is 13.0. The average Bonchev–Trinajstić information content (AvgIpc) is 2.95. The first-order chi connectivity index (χ1) is 13.8. The lowest BCUT2D eigenvalue weighted by atomic mass is 10.1. The van der Waals surface area contributed by atoms with Gasteiger partial charge in [-0.05, 0) is 36.8 Å².